The lowest BCUT2D eigenvalue weighted by atomic mass is 9.95. The van der Waals surface area contributed by atoms with Crippen LogP contribution in [0.2, 0.25) is 5.02 Å². The smallest absolute Gasteiger partial charge is 0.124 e. The zero-order valence-corrected chi connectivity index (χ0v) is 10.6. The topological polar surface area (TPSA) is 26.0 Å². The summed E-state index contributed by atoms with van der Waals surface area (Å²) in [5.41, 5.74) is 6.97. The fourth-order valence-electron chi connectivity index (χ4n) is 1.74. The molecule has 0 saturated heterocycles. The van der Waals surface area contributed by atoms with Gasteiger partial charge in [-0.1, -0.05) is 37.9 Å². The lowest BCUT2D eigenvalue weighted by Gasteiger charge is -2.16. The summed E-state index contributed by atoms with van der Waals surface area (Å²) in [5, 5.41) is 0.472. The van der Waals surface area contributed by atoms with Gasteiger partial charge in [-0.25, -0.2) is 4.39 Å². The van der Waals surface area contributed by atoms with Gasteiger partial charge in [0.25, 0.3) is 0 Å². The van der Waals surface area contributed by atoms with Crippen molar-refractivity contribution in [1.82, 2.24) is 0 Å². The van der Waals surface area contributed by atoms with Gasteiger partial charge in [-0.3, -0.25) is 0 Å². The predicted octanol–water partition coefficient (Wildman–Crippen LogP) is 3.79. The molecule has 1 nitrogen and oxygen atoms in total. The van der Waals surface area contributed by atoms with Crippen molar-refractivity contribution < 1.29 is 4.39 Å². The summed E-state index contributed by atoms with van der Waals surface area (Å²) in [4.78, 5) is 0. The first-order valence-corrected chi connectivity index (χ1v) is 6.10. The van der Waals surface area contributed by atoms with E-state index < -0.39 is 0 Å². The molecule has 0 saturated carbocycles. The molecular formula is C13H19ClFN. The zero-order chi connectivity index (χ0) is 12.1. The number of rotatable bonds is 5. The summed E-state index contributed by atoms with van der Waals surface area (Å²) >= 11 is 5.95. The molecule has 2 unspecified atom stereocenters. The minimum atomic E-state index is -0.302. The van der Waals surface area contributed by atoms with Crippen LogP contribution in [0.4, 0.5) is 4.39 Å². The highest BCUT2D eigenvalue weighted by atomic mass is 35.5. The Morgan fingerprint density at radius 1 is 1.44 bits per heavy atom. The van der Waals surface area contributed by atoms with Gasteiger partial charge in [-0.05, 0) is 36.5 Å². The van der Waals surface area contributed by atoms with Gasteiger partial charge in [0, 0.05) is 11.1 Å². The van der Waals surface area contributed by atoms with Crippen LogP contribution in [0.3, 0.4) is 0 Å². The Morgan fingerprint density at radius 3 is 2.69 bits per heavy atom. The number of benzene rings is 1. The molecule has 16 heavy (non-hydrogen) atoms. The molecular weight excluding hydrogens is 225 g/mol. The first kappa shape index (κ1) is 13.5. The molecule has 2 N–H and O–H groups in total. The average Bonchev–Trinajstić information content (AvgIpc) is 2.22. The molecule has 3 heteroatoms. The van der Waals surface area contributed by atoms with Crippen LogP contribution in [-0.4, -0.2) is 6.04 Å². The Kier molecular flexibility index (Phi) is 5.23. The highest BCUT2D eigenvalue weighted by Crippen LogP contribution is 2.20. The third-order valence-electron chi connectivity index (χ3n) is 2.90. The van der Waals surface area contributed by atoms with Gasteiger partial charge in [-0.2, -0.15) is 0 Å². The molecule has 0 bridgehead atoms. The van der Waals surface area contributed by atoms with E-state index in [2.05, 4.69) is 13.8 Å². The normalized spacial score (nSPS) is 14.8. The molecule has 1 aromatic carbocycles. The van der Waals surface area contributed by atoms with Crippen molar-refractivity contribution >= 4 is 11.6 Å². The van der Waals surface area contributed by atoms with Crippen molar-refractivity contribution in [2.24, 2.45) is 11.7 Å². The number of hydrogen-bond acceptors (Lipinski definition) is 1. The monoisotopic (exact) mass is 243 g/mol. The van der Waals surface area contributed by atoms with E-state index in [1.165, 1.54) is 12.1 Å². The molecule has 1 rings (SSSR count). The lowest BCUT2D eigenvalue weighted by Crippen LogP contribution is -2.25. The first-order chi connectivity index (χ1) is 7.52. The van der Waals surface area contributed by atoms with Crippen LogP contribution in [-0.2, 0) is 6.42 Å². The van der Waals surface area contributed by atoms with Gasteiger partial charge < -0.3 is 5.73 Å². The van der Waals surface area contributed by atoms with Crippen molar-refractivity contribution in [3.8, 4) is 0 Å². The van der Waals surface area contributed by atoms with Crippen LogP contribution in [0.5, 0.6) is 0 Å². The number of halogens is 2. The van der Waals surface area contributed by atoms with Gasteiger partial charge in [0.05, 0.1) is 0 Å². The van der Waals surface area contributed by atoms with Crippen LogP contribution in [0, 0.1) is 11.7 Å². The lowest BCUT2D eigenvalue weighted by molar-refractivity contribution is 0.450. The predicted molar refractivity (Wildman–Crippen MR) is 67.2 cm³/mol. The van der Waals surface area contributed by atoms with Crippen LogP contribution in [0.1, 0.15) is 32.3 Å². The Morgan fingerprint density at radius 2 is 2.12 bits per heavy atom. The summed E-state index contributed by atoms with van der Waals surface area (Å²) in [5.74, 6) is 0.318. The van der Waals surface area contributed by atoms with E-state index in [0.717, 1.165) is 18.4 Å². The Hall–Kier alpha value is -0.600. The van der Waals surface area contributed by atoms with Crippen LogP contribution in [0.25, 0.3) is 0 Å². The molecule has 0 spiro atoms. The maximum atomic E-state index is 12.8. The summed E-state index contributed by atoms with van der Waals surface area (Å²) in [7, 11) is 0. The van der Waals surface area contributed by atoms with Gasteiger partial charge in [0.15, 0.2) is 0 Å². The minimum absolute atomic E-state index is 0.0953. The van der Waals surface area contributed by atoms with E-state index in [0.29, 0.717) is 17.4 Å². The fourth-order valence-corrected chi connectivity index (χ4v) is 1.98. The second-order valence-corrected chi connectivity index (χ2v) is 4.86. The van der Waals surface area contributed by atoms with Crippen molar-refractivity contribution in [3.05, 3.63) is 34.6 Å². The van der Waals surface area contributed by atoms with Gasteiger partial charge in [0.2, 0.25) is 0 Å². The molecule has 0 fully saturated rings. The molecule has 1 aromatic rings. The van der Waals surface area contributed by atoms with Gasteiger partial charge >= 0.3 is 0 Å². The summed E-state index contributed by atoms with van der Waals surface area (Å²) in [6.45, 7) is 4.34. The van der Waals surface area contributed by atoms with E-state index in [1.807, 2.05) is 0 Å². The largest absolute Gasteiger partial charge is 0.327 e. The minimum Gasteiger partial charge on any atom is -0.327 e. The van der Waals surface area contributed by atoms with Crippen LogP contribution >= 0.6 is 11.6 Å². The fraction of sp³-hybridized carbons (Fsp3) is 0.538. The maximum Gasteiger partial charge on any atom is 0.124 e. The standard InChI is InChI=1S/C13H19ClFN/c1-3-9(2)6-12(16)7-10-4-5-11(15)8-13(10)14/h4-5,8-9,12H,3,6-7,16H2,1-2H3. The zero-order valence-electron chi connectivity index (χ0n) is 9.84. The molecule has 2 atom stereocenters. The first-order valence-electron chi connectivity index (χ1n) is 5.72. The highest BCUT2D eigenvalue weighted by molar-refractivity contribution is 6.31. The second-order valence-electron chi connectivity index (χ2n) is 4.45. The number of hydrogen-bond donors (Lipinski definition) is 1. The van der Waals surface area contributed by atoms with Gasteiger partial charge in [0.1, 0.15) is 5.82 Å². The SMILES string of the molecule is CCC(C)CC(N)Cc1ccc(F)cc1Cl. The van der Waals surface area contributed by atoms with Crippen molar-refractivity contribution in [1.29, 1.82) is 0 Å². The summed E-state index contributed by atoms with van der Waals surface area (Å²) < 4.78 is 12.8. The van der Waals surface area contributed by atoms with Crippen LogP contribution in [0.15, 0.2) is 18.2 Å². The molecule has 0 amide bonds. The molecule has 0 aliphatic heterocycles. The molecule has 0 aromatic heterocycles. The van der Waals surface area contributed by atoms with Crippen molar-refractivity contribution in [2.75, 3.05) is 0 Å². The Balaban J connectivity index is 2.59. The molecule has 0 aliphatic carbocycles. The summed E-state index contributed by atoms with van der Waals surface area (Å²) in [6.07, 6.45) is 2.82. The van der Waals surface area contributed by atoms with E-state index in [4.69, 9.17) is 17.3 Å². The highest BCUT2D eigenvalue weighted by Gasteiger charge is 2.10. The van der Waals surface area contributed by atoms with Crippen molar-refractivity contribution in [2.45, 2.75) is 39.2 Å². The average molecular weight is 244 g/mol. The van der Waals surface area contributed by atoms with Crippen molar-refractivity contribution in [3.63, 3.8) is 0 Å². The Labute approximate surface area is 102 Å². The molecule has 0 heterocycles. The third kappa shape index (κ3) is 4.11. The quantitative estimate of drug-likeness (QED) is 0.837. The van der Waals surface area contributed by atoms with E-state index in [1.54, 1.807) is 6.07 Å². The molecule has 0 aliphatic rings. The van der Waals surface area contributed by atoms with E-state index in [-0.39, 0.29) is 11.9 Å². The Bertz CT molecular complexity index is 341. The van der Waals surface area contributed by atoms with E-state index in [9.17, 15) is 4.39 Å². The third-order valence-corrected chi connectivity index (χ3v) is 3.25. The van der Waals surface area contributed by atoms with Gasteiger partial charge in [-0.15, -0.1) is 0 Å². The molecule has 90 valence electrons. The maximum absolute atomic E-state index is 12.8. The second kappa shape index (κ2) is 6.21. The van der Waals surface area contributed by atoms with Crippen LogP contribution < -0.4 is 5.73 Å². The summed E-state index contributed by atoms with van der Waals surface area (Å²) in [6, 6.07) is 4.58. The number of nitrogens with two attached hydrogens (primary N) is 1. The van der Waals surface area contributed by atoms with E-state index >= 15 is 0 Å². The molecule has 0 radical (unpaired) electrons.